The summed E-state index contributed by atoms with van der Waals surface area (Å²) in [6.07, 6.45) is 0. The van der Waals surface area contributed by atoms with E-state index in [9.17, 15) is 0 Å². The normalized spacial score (nSPS) is 11.7. The van der Waals surface area contributed by atoms with Crippen LogP contribution < -0.4 is 4.90 Å². The van der Waals surface area contributed by atoms with E-state index in [1.807, 2.05) is 18.2 Å². The van der Waals surface area contributed by atoms with Crippen molar-refractivity contribution in [2.24, 2.45) is 0 Å². The number of hydrogen-bond donors (Lipinski definition) is 0. The zero-order chi connectivity index (χ0) is 42.8. The molecule has 65 heavy (non-hydrogen) atoms. The van der Waals surface area contributed by atoms with E-state index in [2.05, 4.69) is 223 Å². The van der Waals surface area contributed by atoms with Crippen LogP contribution in [0.5, 0.6) is 0 Å². The predicted molar refractivity (Wildman–Crippen MR) is 272 cm³/mol. The third-order valence-electron chi connectivity index (χ3n) is 13.1. The Balaban J connectivity index is 0.874. The Kier molecular flexibility index (Phi) is 8.53. The third kappa shape index (κ3) is 6.36. The molecule has 13 rings (SSSR count). The molecule has 0 amide bonds. The summed E-state index contributed by atoms with van der Waals surface area (Å²) in [5.74, 6) is 0. The Morgan fingerprint density at radius 1 is 0.246 bits per heavy atom. The van der Waals surface area contributed by atoms with E-state index in [4.69, 9.17) is 8.83 Å². The van der Waals surface area contributed by atoms with Gasteiger partial charge < -0.3 is 13.7 Å². The van der Waals surface area contributed by atoms with E-state index in [0.29, 0.717) is 0 Å². The molecular formula is C62H39NO2. The largest absolute Gasteiger partial charge is 0.456 e. The lowest BCUT2D eigenvalue weighted by molar-refractivity contribution is 0.669. The smallest absolute Gasteiger partial charge is 0.143 e. The number of furan rings is 2. The molecule has 0 saturated carbocycles. The maximum atomic E-state index is 6.51. The van der Waals surface area contributed by atoms with Crippen LogP contribution in [0.15, 0.2) is 245 Å². The van der Waals surface area contributed by atoms with Crippen LogP contribution in [0, 0.1) is 0 Å². The fourth-order valence-electron chi connectivity index (χ4n) is 9.77. The highest BCUT2D eigenvalue weighted by Gasteiger charge is 2.17. The molecule has 0 aliphatic rings. The van der Waals surface area contributed by atoms with Gasteiger partial charge in [0.15, 0.2) is 0 Å². The number of anilines is 3. The van der Waals surface area contributed by atoms with Crippen LogP contribution in [0.2, 0.25) is 0 Å². The molecule has 2 heterocycles. The van der Waals surface area contributed by atoms with Gasteiger partial charge in [0.1, 0.15) is 22.3 Å². The highest BCUT2D eigenvalue weighted by molar-refractivity contribution is 6.11. The van der Waals surface area contributed by atoms with E-state index in [1.54, 1.807) is 0 Å². The molecule has 0 aliphatic heterocycles. The standard InChI is InChI=1S/C62H39NO2/c1-2-9-43(10-3-1)53-14-8-15-55-58-39-48(28-36-61(58)65-62(53)55)42-25-33-51(34-26-42)63(50-31-23-41(24-32-50)47-27-35-60-57(38-47)54-13-6-7-16-59(54)64-60)49-29-21-40(22-30-49)46-20-19-45-18-17-44-11-4-5-12-52(44)56(45)37-46/h1-39H. The molecule has 11 aromatic carbocycles. The van der Waals surface area contributed by atoms with Gasteiger partial charge in [0, 0.05) is 44.2 Å². The fraction of sp³-hybridized carbons (Fsp3) is 0. The number of benzene rings is 11. The van der Waals surface area contributed by atoms with Crippen LogP contribution in [0.4, 0.5) is 17.1 Å². The Morgan fingerprint density at radius 2 is 0.692 bits per heavy atom. The van der Waals surface area contributed by atoms with Crippen molar-refractivity contribution >= 4 is 82.5 Å². The molecule has 304 valence electrons. The number of nitrogens with zero attached hydrogens (tertiary/aromatic N) is 1. The van der Waals surface area contributed by atoms with Gasteiger partial charge in [-0.25, -0.2) is 0 Å². The van der Waals surface area contributed by atoms with Crippen molar-refractivity contribution < 1.29 is 8.83 Å². The van der Waals surface area contributed by atoms with Crippen molar-refractivity contribution in [3.05, 3.63) is 237 Å². The summed E-state index contributed by atoms with van der Waals surface area (Å²) in [5, 5.41) is 9.53. The van der Waals surface area contributed by atoms with Crippen molar-refractivity contribution in [1.29, 1.82) is 0 Å². The van der Waals surface area contributed by atoms with E-state index in [1.165, 1.54) is 32.7 Å². The van der Waals surface area contributed by atoms with Crippen LogP contribution in [0.1, 0.15) is 0 Å². The van der Waals surface area contributed by atoms with Crippen LogP contribution in [-0.2, 0) is 0 Å². The summed E-state index contributed by atoms with van der Waals surface area (Å²) in [7, 11) is 0. The molecule has 3 heteroatoms. The summed E-state index contributed by atoms with van der Waals surface area (Å²) < 4.78 is 12.6. The van der Waals surface area contributed by atoms with Crippen LogP contribution >= 0.6 is 0 Å². The van der Waals surface area contributed by atoms with Gasteiger partial charge >= 0.3 is 0 Å². The SMILES string of the molecule is c1ccc(-c2cccc3c2oc2ccc(-c4ccc(N(c5ccc(-c6ccc7ccc8ccccc8c7c6)cc5)c5ccc(-c6ccc7oc8ccccc8c7c6)cc5)cc4)cc23)cc1. The molecule has 0 unspecified atom stereocenters. The second-order valence-corrected chi connectivity index (χ2v) is 16.9. The average Bonchev–Trinajstić information content (AvgIpc) is 3.95. The minimum atomic E-state index is 0.886. The van der Waals surface area contributed by atoms with Gasteiger partial charge in [0.2, 0.25) is 0 Å². The zero-order valence-electron chi connectivity index (χ0n) is 35.3. The number of hydrogen-bond acceptors (Lipinski definition) is 3. The van der Waals surface area contributed by atoms with Crippen LogP contribution in [0.3, 0.4) is 0 Å². The van der Waals surface area contributed by atoms with Crippen molar-refractivity contribution in [2.75, 3.05) is 4.90 Å². The zero-order valence-corrected chi connectivity index (χ0v) is 35.3. The molecule has 0 N–H and O–H groups in total. The van der Waals surface area contributed by atoms with Crippen molar-refractivity contribution in [3.8, 4) is 44.5 Å². The Hall–Kier alpha value is -8.66. The number of para-hydroxylation sites is 2. The summed E-state index contributed by atoms with van der Waals surface area (Å²) >= 11 is 0. The van der Waals surface area contributed by atoms with Gasteiger partial charge in [-0.2, -0.15) is 0 Å². The van der Waals surface area contributed by atoms with E-state index >= 15 is 0 Å². The van der Waals surface area contributed by atoms with E-state index in [0.717, 1.165) is 94.3 Å². The third-order valence-corrected chi connectivity index (χ3v) is 13.1. The summed E-state index contributed by atoms with van der Waals surface area (Å²) in [4.78, 5) is 2.34. The molecule has 3 nitrogen and oxygen atoms in total. The molecule has 0 atom stereocenters. The van der Waals surface area contributed by atoms with Crippen molar-refractivity contribution in [2.45, 2.75) is 0 Å². The lowest BCUT2D eigenvalue weighted by Gasteiger charge is -2.26. The van der Waals surface area contributed by atoms with Crippen LogP contribution in [-0.4, -0.2) is 0 Å². The predicted octanol–water partition coefficient (Wildman–Crippen LogP) is 17.9. The first kappa shape index (κ1) is 36.9. The van der Waals surface area contributed by atoms with Crippen molar-refractivity contribution in [3.63, 3.8) is 0 Å². The van der Waals surface area contributed by atoms with E-state index < -0.39 is 0 Å². The van der Waals surface area contributed by atoms with Gasteiger partial charge in [0.05, 0.1) is 0 Å². The maximum Gasteiger partial charge on any atom is 0.143 e. The Labute approximate surface area is 375 Å². The second-order valence-electron chi connectivity index (χ2n) is 16.9. The van der Waals surface area contributed by atoms with Gasteiger partial charge in [-0.15, -0.1) is 0 Å². The quantitative estimate of drug-likeness (QED) is 0.150. The number of fused-ring (bicyclic) bond motifs is 9. The minimum Gasteiger partial charge on any atom is -0.456 e. The monoisotopic (exact) mass is 829 g/mol. The van der Waals surface area contributed by atoms with Gasteiger partial charge in [-0.1, -0.05) is 164 Å². The highest BCUT2D eigenvalue weighted by Crippen LogP contribution is 2.41. The topological polar surface area (TPSA) is 29.5 Å². The van der Waals surface area contributed by atoms with Gasteiger partial charge in [-0.3, -0.25) is 0 Å². The second kappa shape index (κ2) is 15.0. The van der Waals surface area contributed by atoms with Crippen molar-refractivity contribution in [1.82, 2.24) is 0 Å². The molecule has 0 saturated heterocycles. The minimum absolute atomic E-state index is 0.886. The van der Waals surface area contributed by atoms with E-state index in [-0.39, 0.29) is 0 Å². The Bertz CT molecular complexity index is 3920. The maximum absolute atomic E-state index is 6.51. The molecule has 0 radical (unpaired) electrons. The molecule has 0 aliphatic carbocycles. The summed E-state index contributed by atoms with van der Waals surface area (Å²) in [6, 6.07) is 84.8. The van der Waals surface area contributed by atoms with Crippen LogP contribution in [0.25, 0.3) is 110 Å². The average molecular weight is 830 g/mol. The fourth-order valence-corrected chi connectivity index (χ4v) is 9.77. The Morgan fingerprint density at radius 3 is 1.34 bits per heavy atom. The first-order valence-corrected chi connectivity index (χ1v) is 22.1. The summed E-state index contributed by atoms with van der Waals surface area (Å²) in [6.45, 7) is 0. The highest BCUT2D eigenvalue weighted by atomic mass is 16.3. The summed E-state index contributed by atoms with van der Waals surface area (Å²) in [5.41, 5.74) is 16.0. The first-order chi connectivity index (χ1) is 32.2. The molecule has 0 bridgehead atoms. The molecule has 13 aromatic rings. The number of rotatable bonds is 7. The molecule has 2 aromatic heterocycles. The lowest BCUT2D eigenvalue weighted by Crippen LogP contribution is -2.09. The molecule has 0 spiro atoms. The first-order valence-electron chi connectivity index (χ1n) is 22.1. The van der Waals surface area contributed by atoms with Gasteiger partial charge in [0.25, 0.3) is 0 Å². The molecular weight excluding hydrogens is 791 g/mol. The lowest BCUT2D eigenvalue weighted by atomic mass is 9.97. The molecule has 0 fully saturated rings. The van der Waals surface area contributed by atoms with Gasteiger partial charge in [-0.05, 0) is 133 Å².